The van der Waals surface area contributed by atoms with Gasteiger partial charge in [0.05, 0.1) is 17.0 Å². The quantitative estimate of drug-likeness (QED) is 0.338. The van der Waals surface area contributed by atoms with Crippen molar-refractivity contribution < 1.29 is 9.21 Å². The van der Waals surface area contributed by atoms with Crippen molar-refractivity contribution in [3.8, 4) is 0 Å². The van der Waals surface area contributed by atoms with Gasteiger partial charge in [0.2, 0.25) is 5.76 Å². The molecule has 1 aromatic heterocycles. The highest BCUT2D eigenvalue weighted by Crippen LogP contribution is 2.39. The predicted molar refractivity (Wildman–Crippen MR) is 125 cm³/mol. The molecule has 0 bridgehead atoms. The summed E-state index contributed by atoms with van der Waals surface area (Å²) in [6, 6.07) is 19.9. The van der Waals surface area contributed by atoms with Crippen LogP contribution in [0.1, 0.15) is 38.9 Å². The van der Waals surface area contributed by atoms with Gasteiger partial charge in [-0.1, -0.05) is 69.5 Å². The molecule has 0 saturated carbocycles. The number of carbonyl (C=O) groups excluding carboxylic acids is 1. The second-order valence-electron chi connectivity index (χ2n) is 7.69. The number of fused-ring (bicyclic) bond motifs is 2. The van der Waals surface area contributed by atoms with Gasteiger partial charge in [-0.3, -0.25) is 9.59 Å². The zero-order valence-corrected chi connectivity index (χ0v) is 18.9. The molecule has 0 aliphatic carbocycles. The Labute approximate surface area is 192 Å². The molecule has 0 N–H and O–H groups in total. The summed E-state index contributed by atoms with van der Waals surface area (Å²) < 4.78 is 6.75. The van der Waals surface area contributed by atoms with Crippen LogP contribution in [-0.2, 0) is 6.54 Å². The van der Waals surface area contributed by atoms with Crippen LogP contribution in [0, 0.1) is 6.92 Å². The van der Waals surface area contributed by atoms with Crippen molar-refractivity contribution >= 4 is 44.4 Å². The van der Waals surface area contributed by atoms with E-state index in [9.17, 15) is 9.59 Å². The third-order valence-electron chi connectivity index (χ3n) is 5.59. The molecule has 1 amide bonds. The standard InChI is InChI=1S/C25H17BrClNO3/c1-14-2-4-15(5-3-14)13-28-22(16-6-9-18(27)10-7-16)21-23(29)19-12-17(26)8-11-20(19)31-24(21)25(28)30/h2-12,22H,13H2,1H3. The zero-order chi connectivity index (χ0) is 21.7. The molecule has 31 heavy (non-hydrogen) atoms. The van der Waals surface area contributed by atoms with Crippen molar-refractivity contribution in [3.05, 3.63) is 114 Å². The molecule has 5 rings (SSSR count). The summed E-state index contributed by atoms with van der Waals surface area (Å²) in [4.78, 5) is 28.7. The van der Waals surface area contributed by atoms with Crippen molar-refractivity contribution in [2.75, 3.05) is 0 Å². The van der Waals surface area contributed by atoms with Crippen LogP contribution in [0.25, 0.3) is 11.0 Å². The summed E-state index contributed by atoms with van der Waals surface area (Å²) in [5, 5.41) is 1.03. The van der Waals surface area contributed by atoms with E-state index >= 15 is 0 Å². The van der Waals surface area contributed by atoms with Gasteiger partial charge in [0.1, 0.15) is 5.58 Å². The Morgan fingerprint density at radius 2 is 1.71 bits per heavy atom. The molecule has 0 saturated heterocycles. The van der Waals surface area contributed by atoms with E-state index in [1.165, 1.54) is 0 Å². The van der Waals surface area contributed by atoms with Gasteiger partial charge in [0, 0.05) is 16.0 Å². The molecule has 0 radical (unpaired) electrons. The maximum atomic E-state index is 13.5. The number of aryl methyl sites for hydroxylation is 1. The third kappa shape index (κ3) is 3.48. The smallest absolute Gasteiger partial charge is 0.291 e. The van der Waals surface area contributed by atoms with Gasteiger partial charge in [0.25, 0.3) is 5.91 Å². The minimum Gasteiger partial charge on any atom is -0.450 e. The van der Waals surface area contributed by atoms with Gasteiger partial charge in [-0.15, -0.1) is 0 Å². The van der Waals surface area contributed by atoms with Gasteiger partial charge < -0.3 is 9.32 Å². The van der Waals surface area contributed by atoms with Gasteiger partial charge in [-0.25, -0.2) is 0 Å². The average molecular weight is 495 g/mol. The minimum absolute atomic E-state index is 0.104. The molecule has 1 unspecified atom stereocenters. The van der Waals surface area contributed by atoms with Gasteiger partial charge >= 0.3 is 0 Å². The highest BCUT2D eigenvalue weighted by Gasteiger charge is 2.42. The van der Waals surface area contributed by atoms with Crippen molar-refractivity contribution in [2.24, 2.45) is 0 Å². The lowest BCUT2D eigenvalue weighted by atomic mass is 9.98. The fourth-order valence-corrected chi connectivity index (χ4v) is 4.52. The molecule has 2 heterocycles. The summed E-state index contributed by atoms with van der Waals surface area (Å²) in [5.74, 6) is -0.190. The largest absolute Gasteiger partial charge is 0.450 e. The lowest BCUT2D eigenvalue weighted by Gasteiger charge is -2.25. The molecule has 4 aromatic rings. The van der Waals surface area contributed by atoms with Crippen LogP contribution in [0.3, 0.4) is 0 Å². The van der Waals surface area contributed by atoms with E-state index in [2.05, 4.69) is 15.9 Å². The van der Waals surface area contributed by atoms with Crippen LogP contribution < -0.4 is 5.43 Å². The Bertz CT molecular complexity index is 1380. The fraction of sp³-hybridized carbons (Fsp3) is 0.120. The van der Waals surface area contributed by atoms with Crippen LogP contribution in [0.15, 0.2) is 80.4 Å². The number of hydrogen-bond acceptors (Lipinski definition) is 3. The van der Waals surface area contributed by atoms with E-state index in [1.54, 1.807) is 35.2 Å². The van der Waals surface area contributed by atoms with Crippen LogP contribution >= 0.6 is 27.5 Å². The van der Waals surface area contributed by atoms with Crippen molar-refractivity contribution in [1.82, 2.24) is 4.90 Å². The number of nitrogens with zero attached hydrogens (tertiary/aromatic N) is 1. The lowest BCUT2D eigenvalue weighted by Crippen LogP contribution is -2.29. The maximum absolute atomic E-state index is 13.5. The molecule has 0 spiro atoms. The van der Waals surface area contributed by atoms with Crippen molar-refractivity contribution in [2.45, 2.75) is 19.5 Å². The summed E-state index contributed by atoms with van der Waals surface area (Å²) in [6.07, 6.45) is 0. The number of rotatable bonds is 3. The third-order valence-corrected chi connectivity index (χ3v) is 6.33. The molecule has 3 aromatic carbocycles. The van der Waals surface area contributed by atoms with E-state index in [0.29, 0.717) is 28.1 Å². The average Bonchev–Trinajstić information content (AvgIpc) is 3.03. The number of halogens is 2. The Morgan fingerprint density at radius 1 is 1.00 bits per heavy atom. The number of amides is 1. The molecular formula is C25H17BrClNO3. The molecule has 154 valence electrons. The normalized spacial score (nSPS) is 15.5. The molecule has 0 fully saturated rings. The minimum atomic E-state index is -0.555. The predicted octanol–water partition coefficient (Wildman–Crippen LogP) is 6.26. The molecular weight excluding hydrogens is 478 g/mol. The van der Waals surface area contributed by atoms with Gasteiger partial charge in [-0.2, -0.15) is 0 Å². The first kappa shape index (κ1) is 20.0. The lowest BCUT2D eigenvalue weighted by molar-refractivity contribution is 0.0714. The maximum Gasteiger partial charge on any atom is 0.291 e. The second kappa shape index (κ2) is 7.66. The summed E-state index contributed by atoms with van der Waals surface area (Å²) >= 11 is 9.51. The second-order valence-corrected chi connectivity index (χ2v) is 9.04. The molecule has 1 aliphatic rings. The summed E-state index contributed by atoms with van der Waals surface area (Å²) in [7, 11) is 0. The molecule has 4 nitrogen and oxygen atoms in total. The monoisotopic (exact) mass is 493 g/mol. The SMILES string of the molecule is Cc1ccc(CN2C(=O)c3oc4ccc(Br)cc4c(=O)c3C2c2ccc(Cl)cc2)cc1. The first-order valence-corrected chi connectivity index (χ1v) is 11.0. The number of benzene rings is 3. The summed E-state index contributed by atoms with van der Waals surface area (Å²) in [5.41, 5.74) is 3.49. The Hall–Kier alpha value is -2.89. The zero-order valence-electron chi connectivity index (χ0n) is 16.6. The van der Waals surface area contributed by atoms with E-state index in [0.717, 1.165) is 21.2 Å². The van der Waals surface area contributed by atoms with E-state index in [-0.39, 0.29) is 17.1 Å². The fourth-order valence-electron chi connectivity index (χ4n) is 4.04. The van der Waals surface area contributed by atoms with E-state index in [4.69, 9.17) is 16.0 Å². The highest BCUT2D eigenvalue weighted by atomic mass is 79.9. The van der Waals surface area contributed by atoms with Crippen LogP contribution in [0.5, 0.6) is 0 Å². The number of carbonyl (C=O) groups is 1. The first-order valence-electron chi connectivity index (χ1n) is 9.80. The summed E-state index contributed by atoms with van der Waals surface area (Å²) in [6.45, 7) is 2.37. The Morgan fingerprint density at radius 3 is 2.42 bits per heavy atom. The van der Waals surface area contributed by atoms with Crippen molar-refractivity contribution in [1.29, 1.82) is 0 Å². The van der Waals surface area contributed by atoms with E-state index in [1.807, 2.05) is 43.3 Å². The topological polar surface area (TPSA) is 50.5 Å². The van der Waals surface area contributed by atoms with Gasteiger partial charge in [0.15, 0.2) is 5.43 Å². The van der Waals surface area contributed by atoms with Crippen LogP contribution in [0.2, 0.25) is 5.02 Å². The highest BCUT2D eigenvalue weighted by molar-refractivity contribution is 9.10. The van der Waals surface area contributed by atoms with E-state index < -0.39 is 6.04 Å². The molecule has 6 heteroatoms. The Balaban J connectivity index is 1.72. The van der Waals surface area contributed by atoms with Crippen LogP contribution in [-0.4, -0.2) is 10.8 Å². The molecule has 1 atom stereocenters. The first-order chi connectivity index (χ1) is 14.9. The Kier molecular flexibility index (Phi) is 4.95. The van der Waals surface area contributed by atoms with Crippen molar-refractivity contribution in [3.63, 3.8) is 0 Å². The van der Waals surface area contributed by atoms with Gasteiger partial charge in [-0.05, 0) is 48.4 Å². The number of hydrogen-bond donors (Lipinski definition) is 0. The molecule has 1 aliphatic heterocycles. The van der Waals surface area contributed by atoms with Crippen LogP contribution in [0.4, 0.5) is 0 Å².